The number of ether oxygens (including phenoxy) is 3. The summed E-state index contributed by atoms with van der Waals surface area (Å²) in [5.74, 6) is 1.44. The van der Waals surface area contributed by atoms with Gasteiger partial charge in [-0.25, -0.2) is 4.42 Å². The van der Waals surface area contributed by atoms with Crippen LogP contribution >= 0.6 is 46.4 Å². The molecule has 0 unspecified atom stereocenters. The first kappa shape index (κ1) is 41.8. The van der Waals surface area contributed by atoms with Gasteiger partial charge in [-0.15, -0.1) is 0 Å². The predicted octanol–water partition coefficient (Wildman–Crippen LogP) is 12.2. The Bertz CT molecular complexity index is 2140. The van der Waals surface area contributed by atoms with E-state index < -0.39 is 10.8 Å². The van der Waals surface area contributed by atoms with Crippen molar-refractivity contribution in [2.45, 2.75) is 85.9 Å². The predicted molar refractivity (Wildman–Crippen MR) is 218 cm³/mol. The van der Waals surface area contributed by atoms with E-state index in [1.165, 1.54) is 0 Å². The number of rotatable bonds is 10. The highest BCUT2D eigenvalue weighted by Gasteiger charge is 2.37. The van der Waals surface area contributed by atoms with Gasteiger partial charge >= 0.3 is 11.5 Å². The highest BCUT2D eigenvalue weighted by molar-refractivity contribution is 6.42. The molecule has 10 heteroatoms. The Morgan fingerprint density at radius 2 is 1.26 bits per heavy atom. The lowest BCUT2D eigenvalue weighted by atomic mass is 9.83. The van der Waals surface area contributed by atoms with E-state index in [2.05, 4.69) is 0 Å². The summed E-state index contributed by atoms with van der Waals surface area (Å²) in [5.41, 5.74) is 0.831. The molecule has 2 heterocycles. The highest BCUT2D eigenvalue weighted by Crippen LogP contribution is 2.41. The van der Waals surface area contributed by atoms with Crippen LogP contribution in [0, 0.1) is 5.41 Å². The monoisotopic (exact) mass is 810 g/mol. The van der Waals surface area contributed by atoms with Crippen molar-refractivity contribution < 1.29 is 28.5 Å². The second-order valence-electron chi connectivity index (χ2n) is 16.8. The molecule has 2 aliphatic rings. The SMILES string of the molecule is CC(C)(C)OCC(C)(C)C1=CC(=CC2=C([O-])C(=Cc3cc(-c4ccc(Cl)c(Cl)c4)[o+]c(C(C)(C)COC(C)(C)C)c3)C2=O)C=C(c2ccc(Cl)c(Cl)c2)O1. The number of benzene rings is 2. The number of Topliss-reactive ketones (excluding diaryl/α,β-unsaturated/α-hetero) is 1. The zero-order valence-corrected chi connectivity index (χ0v) is 35.3. The molecule has 0 radical (unpaired) electrons. The van der Waals surface area contributed by atoms with Crippen molar-refractivity contribution in [1.82, 2.24) is 0 Å². The van der Waals surface area contributed by atoms with E-state index in [9.17, 15) is 9.90 Å². The summed E-state index contributed by atoms with van der Waals surface area (Å²) < 4.78 is 25.1. The Morgan fingerprint density at radius 1 is 0.704 bits per heavy atom. The summed E-state index contributed by atoms with van der Waals surface area (Å²) in [7, 11) is 0. The minimum Gasteiger partial charge on any atom is -0.871 e. The first-order valence-corrected chi connectivity index (χ1v) is 19.1. The molecular formula is C44H46Cl4O6. The fourth-order valence-corrected chi connectivity index (χ4v) is 6.02. The van der Waals surface area contributed by atoms with Gasteiger partial charge < -0.3 is 19.3 Å². The molecular weight excluding hydrogens is 766 g/mol. The average Bonchev–Trinajstić information content (AvgIpc) is 3.09. The van der Waals surface area contributed by atoms with Gasteiger partial charge in [-0.3, -0.25) is 4.79 Å². The molecule has 0 saturated heterocycles. The van der Waals surface area contributed by atoms with Crippen LogP contribution < -0.4 is 5.11 Å². The zero-order valence-electron chi connectivity index (χ0n) is 32.3. The molecule has 1 aliphatic heterocycles. The van der Waals surface area contributed by atoms with Crippen molar-refractivity contribution in [2.75, 3.05) is 13.2 Å². The zero-order chi connectivity index (χ0) is 40.0. The summed E-state index contributed by atoms with van der Waals surface area (Å²) in [4.78, 5) is 13.7. The molecule has 0 amide bonds. The lowest BCUT2D eigenvalue weighted by molar-refractivity contribution is -0.300. The fourth-order valence-electron chi connectivity index (χ4n) is 5.43. The molecule has 2 aromatic carbocycles. The van der Waals surface area contributed by atoms with Crippen LogP contribution in [0.4, 0.5) is 0 Å². The van der Waals surface area contributed by atoms with E-state index in [0.717, 1.165) is 0 Å². The third-order valence-corrected chi connectivity index (χ3v) is 10.2. The van der Waals surface area contributed by atoms with Gasteiger partial charge in [0.25, 0.3) is 0 Å². The van der Waals surface area contributed by atoms with Crippen LogP contribution in [0.5, 0.6) is 0 Å². The van der Waals surface area contributed by atoms with Crippen molar-refractivity contribution in [2.24, 2.45) is 5.41 Å². The summed E-state index contributed by atoms with van der Waals surface area (Å²) in [5, 5.41) is 15.3. The minimum atomic E-state index is -0.570. The maximum absolute atomic E-state index is 13.7. The van der Waals surface area contributed by atoms with Crippen LogP contribution in [-0.4, -0.2) is 30.2 Å². The molecule has 3 aromatic rings. The van der Waals surface area contributed by atoms with Gasteiger partial charge in [0, 0.05) is 28.2 Å². The molecule has 5 rings (SSSR count). The molecule has 0 spiro atoms. The van der Waals surface area contributed by atoms with E-state index in [1.807, 2.05) is 81.4 Å². The fraction of sp³-hybridized carbons (Fsp3) is 0.364. The van der Waals surface area contributed by atoms with Crippen LogP contribution in [0.25, 0.3) is 23.2 Å². The molecule has 0 N–H and O–H groups in total. The molecule has 6 nitrogen and oxygen atoms in total. The number of halogens is 4. The lowest BCUT2D eigenvalue weighted by Gasteiger charge is -2.34. The van der Waals surface area contributed by atoms with Crippen LogP contribution in [0.15, 0.2) is 99.4 Å². The van der Waals surface area contributed by atoms with Crippen LogP contribution in [-0.2, 0) is 24.4 Å². The maximum atomic E-state index is 13.7. The molecule has 0 fully saturated rings. The second kappa shape index (κ2) is 15.6. The smallest absolute Gasteiger partial charge is 0.360 e. The molecule has 0 bridgehead atoms. The number of hydrogen-bond acceptors (Lipinski definition) is 5. The van der Waals surface area contributed by atoms with Crippen LogP contribution in [0.2, 0.25) is 20.1 Å². The summed E-state index contributed by atoms with van der Waals surface area (Å²) in [6.45, 7) is 20.7. The van der Waals surface area contributed by atoms with Crippen LogP contribution in [0.1, 0.15) is 86.1 Å². The number of hydrogen-bond donors (Lipinski definition) is 0. The van der Waals surface area contributed by atoms with Gasteiger partial charge in [-0.05, 0) is 127 Å². The summed E-state index contributed by atoms with van der Waals surface area (Å²) in [6, 6.07) is 14.0. The number of allylic oxidation sites excluding steroid dienone is 6. The first-order chi connectivity index (χ1) is 24.9. The van der Waals surface area contributed by atoms with Gasteiger partial charge in [0.05, 0.1) is 56.1 Å². The summed E-state index contributed by atoms with van der Waals surface area (Å²) >= 11 is 25.2. The Balaban J connectivity index is 1.57. The van der Waals surface area contributed by atoms with Crippen molar-refractivity contribution in [1.29, 1.82) is 0 Å². The number of carbonyl (C=O) groups excluding carboxylic acids is 1. The Kier molecular flexibility index (Phi) is 12.1. The standard InChI is InChI=1S/C44H46Cl4O6/c1-41(2,3)51-23-43(7,8)37-19-25(17-35(53-37)27-11-13-31(45)33(47)21-27)15-29-39(49)30(40(29)50)16-26-18-36(28-12-14-32(46)34(48)22-28)54-38(20-26)44(9,10)24-52-42(4,5)6/h11-22H,23-24H2,1-10H3. The van der Waals surface area contributed by atoms with Gasteiger partial charge in [0.2, 0.25) is 0 Å². The molecule has 54 heavy (non-hydrogen) atoms. The molecule has 1 aromatic heterocycles. The average molecular weight is 813 g/mol. The van der Waals surface area contributed by atoms with Gasteiger partial charge in [-0.1, -0.05) is 66.0 Å². The highest BCUT2D eigenvalue weighted by atomic mass is 35.5. The number of ketones is 1. The minimum absolute atomic E-state index is 0.0618. The Morgan fingerprint density at radius 3 is 1.81 bits per heavy atom. The van der Waals surface area contributed by atoms with Crippen molar-refractivity contribution >= 4 is 64.0 Å². The third-order valence-electron chi connectivity index (χ3n) is 8.71. The van der Waals surface area contributed by atoms with Crippen molar-refractivity contribution in [3.63, 3.8) is 0 Å². The van der Waals surface area contributed by atoms with E-state index in [0.29, 0.717) is 78.6 Å². The topological polar surface area (TPSA) is 79.1 Å². The molecule has 286 valence electrons. The third kappa shape index (κ3) is 10.1. The van der Waals surface area contributed by atoms with E-state index >= 15 is 0 Å². The van der Waals surface area contributed by atoms with Gasteiger partial charge in [-0.2, -0.15) is 0 Å². The van der Waals surface area contributed by atoms with Crippen molar-refractivity contribution in [3.8, 4) is 11.3 Å². The second-order valence-corrected chi connectivity index (χ2v) is 18.5. The largest absolute Gasteiger partial charge is 0.871 e. The maximum Gasteiger partial charge on any atom is 0.360 e. The lowest BCUT2D eigenvalue weighted by Crippen LogP contribution is -2.31. The number of carbonyl (C=O) groups is 1. The first-order valence-electron chi connectivity index (χ1n) is 17.6. The van der Waals surface area contributed by atoms with E-state index in [4.69, 9.17) is 65.0 Å². The van der Waals surface area contributed by atoms with E-state index in [1.54, 1.807) is 60.7 Å². The van der Waals surface area contributed by atoms with Crippen LogP contribution in [0.3, 0.4) is 0 Å². The summed E-state index contributed by atoms with van der Waals surface area (Å²) in [6.07, 6.45) is 6.80. The quantitative estimate of drug-likeness (QED) is 0.150. The Hall–Kier alpha value is -3.36. The normalized spacial score (nSPS) is 17.1. The van der Waals surface area contributed by atoms with Gasteiger partial charge in [0.15, 0.2) is 5.78 Å². The van der Waals surface area contributed by atoms with Gasteiger partial charge in [0.1, 0.15) is 16.9 Å². The molecule has 1 aliphatic carbocycles. The molecule has 0 atom stereocenters. The molecule has 0 saturated carbocycles. The Labute approximate surface area is 338 Å². The van der Waals surface area contributed by atoms with Crippen molar-refractivity contribution in [3.05, 3.63) is 132 Å². The van der Waals surface area contributed by atoms with E-state index in [-0.39, 0.29) is 33.9 Å².